The fourth-order valence-corrected chi connectivity index (χ4v) is 2.05. The van der Waals surface area contributed by atoms with Crippen LogP contribution in [0.1, 0.15) is 0 Å². The van der Waals surface area contributed by atoms with Crippen molar-refractivity contribution >= 4 is 16.7 Å². The number of fused-ring (bicyclic) bond motifs is 3. The quantitative estimate of drug-likeness (QED) is 0.692. The maximum Gasteiger partial charge on any atom is 0.368 e. The van der Waals surface area contributed by atoms with E-state index in [0.717, 1.165) is 29.8 Å². The molecule has 3 rings (SSSR count). The molecule has 2 aromatic rings. The van der Waals surface area contributed by atoms with Gasteiger partial charge in [-0.15, -0.1) is 0 Å². The van der Waals surface area contributed by atoms with Crippen LogP contribution in [0.15, 0.2) is 29.1 Å². The summed E-state index contributed by atoms with van der Waals surface area (Å²) in [4.78, 5) is 15.9. The summed E-state index contributed by atoms with van der Waals surface area (Å²) in [5, 5.41) is 6.12. The summed E-state index contributed by atoms with van der Waals surface area (Å²) in [6.07, 6.45) is 0. The lowest BCUT2D eigenvalue weighted by Gasteiger charge is -2.30. The molecule has 1 N–H and O–H groups in total. The lowest BCUT2D eigenvalue weighted by Crippen LogP contribution is -2.47. The van der Waals surface area contributed by atoms with E-state index in [1.165, 1.54) is 0 Å². The monoisotopic (exact) mass is 216 g/mol. The Morgan fingerprint density at radius 1 is 1.38 bits per heavy atom. The minimum absolute atomic E-state index is 0.233. The van der Waals surface area contributed by atoms with Gasteiger partial charge >= 0.3 is 5.69 Å². The molecule has 16 heavy (non-hydrogen) atoms. The zero-order valence-electron chi connectivity index (χ0n) is 8.97. The summed E-state index contributed by atoms with van der Waals surface area (Å²) in [6.45, 7) is 1.64. The van der Waals surface area contributed by atoms with E-state index in [-0.39, 0.29) is 5.69 Å². The van der Waals surface area contributed by atoms with Gasteiger partial charge in [0.05, 0.1) is 12.1 Å². The van der Waals surface area contributed by atoms with E-state index < -0.39 is 0 Å². The highest BCUT2D eigenvalue weighted by molar-refractivity contribution is 5.89. The normalized spacial score (nSPS) is 14.7. The maximum atomic E-state index is 11.9. The molecule has 82 valence electrons. The fourth-order valence-electron chi connectivity index (χ4n) is 2.05. The van der Waals surface area contributed by atoms with Crippen LogP contribution in [-0.4, -0.2) is 29.8 Å². The van der Waals surface area contributed by atoms with Crippen LogP contribution < -0.4 is 16.0 Å². The van der Waals surface area contributed by atoms with Crippen molar-refractivity contribution in [3.8, 4) is 0 Å². The summed E-state index contributed by atoms with van der Waals surface area (Å²) in [5.74, 6) is 0.837. The Bertz CT molecular complexity index is 604. The first-order valence-electron chi connectivity index (χ1n) is 5.24. The molecule has 0 unspecified atom stereocenters. The van der Waals surface area contributed by atoms with Crippen molar-refractivity contribution in [2.45, 2.75) is 0 Å². The molecule has 1 aromatic heterocycles. The van der Waals surface area contributed by atoms with Gasteiger partial charge in [0, 0.05) is 19.0 Å². The Labute approximate surface area is 92.3 Å². The van der Waals surface area contributed by atoms with Crippen LogP contribution in [0.3, 0.4) is 0 Å². The Hall–Kier alpha value is -2.04. The number of aromatic nitrogens is 2. The second kappa shape index (κ2) is 3.23. The largest absolute Gasteiger partial charge is 0.368 e. The maximum absolute atomic E-state index is 11.9. The Morgan fingerprint density at radius 3 is 3.06 bits per heavy atom. The van der Waals surface area contributed by atoms with E-state index in [9.17, 15) is 4.79 Å². The number of anilines is 1. The number of likely N-dealkylation sites (N-methyl/N-ethyl adjacent to an activating group) is 1. The second-order valence-electron chi connectivity index (χ2n) is 3.88. The van der Waals surface area contributed by atoms with Crippen LogP contribution in [0, 0.1) is 0 Å². The molecule has 0 radical (unpaired) electrons. The van der Waals surface area contributed by atoms with Crippen molar-refractivity contribution < 1.29 is 0 Å². The number of hydrogen-bond acceptors (Lipinski definition) is 4. The topological polar surface area (TPSA) is 50.2 Å². The summed E-state index contributed by atoms with van der Waals surface area (Å²) in [7, 11) is 1.89. The molecule has 0 fully saturated rings. The molecule has 0 aliphatic carbocycles. The Morgan fingerprint density at radius 2 is 2.19 bits per heavy atom. The first-order chi connectivity index (χ1) is 7.77. The molecular weight excluding hydrogens is 204 g/mol. The summed E-state index contributed by atoms with van der Waals surface area (Å²) >= 11 is 0. The van der Waals surface area contributed by atoms with Crippen molar-refractivity contribution in [3.63, 3.8) is 0 Å². The van der Waals surface area contributed by atoms with Crippen molar-refractivity contribution in [3.05, 3.63) is 34.7 Å². The summed E-state index contributed by atoms with van der Waals surface area (Å²) in [6, 6.07) is 7.66. The van der Waals surface area contributed by atoms with Gasteiger partial charge in [-0.2, -0.15) is 9.66 Å². The average Bonchev–Trinajstić information content (AvgIpc) is 2.29. The van der Waals surface area contributed by atoms with Crippen LogP contribution in [0.4, 0.5) is 5.82 Å². The molecule has 1 aromatic carbocycles. The van der Waals surface area contributed by atoms with Gasteiger partial charge in [-0.25, -0.2) is 4.79 Å². The highest BCUT2D eigenvalue weighted by Crippen LogP contribution is 2.20. The number of nitrogens with zero attached hydrogens (tertiary/aromatic N) is 3. The van der Waals surface area contributed by atoms with E-state index in [1.54, 1.807) is 4.68 Å². The molecule has 0 saturated heterocycles. The molecule has 1 aliphatic heterocycles. The van der Waals surface area contributed by atoms with Gasteiger partial charge in [-0.3, -0.25) is 0 Å². The van der Waals surface area contributed by atoms with Crippen LogP contribution in [0.25, 0.3) is 10.9 Å². The number of benzene rings is 1. The minimum Gasteiger partial charge on any atom is -0.368 e. The number of rotatable bonds is 0. The van der Waals surface area contributed by atoms with E-state index in [1.807, 2.05) is 36.3 Å². The van der Waals surface area contributed by atoms with Gasteiger partial charge in [0.15, 0.2) is 0 Å². The van der Waals surface area contributed by atoms with Crippen molar-refractivity contribution in [1.82, 2.24) is 9.66 Å². The van der Waals surface area contributed by atoms with Crippen LogP contribution in [0.5, 0.6) is 0 Å². The predicted octanol–water partition coefficient (Wildman–Crippen LogP) is 0.390. The predicted molar refractivity (Wildman–Crippen MR) is 63.5 cm³/mol. The molecule has 0 saturated carbocycles. The van der Waals surface area contributed by atoms with Gasteiger partial charge in [-0.1, -0.05) is 12.1 Å². The molecule has 2 heterocycles. The van der Waals surface area contributed by atoms with Gasteiger partial charge in [0.1, 0.15) is 5.82 Å². The fraction of sp³-hybridized carbons (Fsp3) is 0.273. The van der Waals surface area contributed by atoms with Crippen molar-refractivity contribution in [2.75, 3.05) is 30.5 Å². The Kier molecular flexibility index (Phi) is 1.86. The summed E-state index contributed by atoms with van der Waals surface area (Å²) in [5.41, 5.74) is 0.505. The highest BCUT2D eigenvalue weighted by Gasteiger charge is 2.17. The number of hydrogen-bond donors (Lipinski definition) is 1. The van der Waals surface area contributed by atoms with Crippen molar-refractivity contribution in [2.24, 2.45) is 0 Å². The van der Waals surface area contributed by atoms with E-state index in [2.05, 4.69) is 10.3 Å². The molecule has 0 bridgehead atoms. The second-order valence-corrected chi connectivity index (χ2v) is 3.88. The lowest BCUT2D eigenvalue weighted by molar-refractivity contribution is 0.603. The third kappa shape index (κ3) is 1.18. The number of nitrogens with one attached hydrogen (secondary N) is 1. The zero-order valence-corrected chi connectivity index (χ0v) is 8.97. The summed E-state index contributed by atoms with van der Waals surface area (Å²) < 4.78 is 1.59. The minimum atomic E-state index is -0.233. The van der Waals surface area contributed by atoms with Gasteiger partial charge in [0.25, 0.3) is 0 Å². The molecule has 1 aliphatic rings. The third-order valence-electron chi connectivity index (χ3n) is 2.84. The van der Waals surface area contributed by atoms with Crippen LogP contribution in [0.2, 0.25) is 0 Å². The van der Waals surface area contributed by atoms with Crippen LogP contribution >= 0.6 is 0 Å². The molecule has 0 spiro atoms. The van der Waals surface area contributed by atoms with Gasteiger partial charge in [0.2, 0.25) is 0 Å². The standard InChI is InChI=1S/C11H12N4O/c1-14-7-6-12-10-8-4-2-3-5-9(8)13-11(16)15(10)14/h2-5,12H,6-7H2,1H3. The SMILES string of the molecule is CN1CCNc2c3ccccc3nc(=O)n21. The molecule has 5 nitrogen and oxygen atoms in total. The van der Waals surface area contributed by atoms with E-state index in [4.69, 9.17) is 0 Å². The Balaban J connectivity index is 2.44. The van der Waals surface area contributed by atoms with Crippen LogP contribution in [-0.2, 0) is 0 Å². The van der Waals surface area contributed by atoms with E-state index >= 15 is 0 Å². The van der Waals surface area contributed by atoms with Gasteiger partial charge < -0.3 is 10.3 Å². The zero-order chi connectivity index (χ0) is 11.1. The molecular formula is C11H12N4O. The van der Waals surface area contributed by atoms with Crippen molar-refractivity contribution in [1.29, 1.82) is 0 Å². The highest BCUT2D eigenvalue weighted by atomic mass is 16.2. The molecule has 0 amide bonds. The lowest BCUT2D eigenvalue weighted by atomic mass is 10.2. The van der Waals surface area contributed by atoms with Gasteiger partial charge in [-0.05, 0) is 12.1 Å². The number of para-hydroxylation sites is 1. The molecule has 0 atom stereocenters. The first kappa shape index (κ1) is 9.21. The smallest absolute Gasteiger partial charge is 0.368 e. The van der Waals surface area contributed by atoms with E-state index in [0.29, 0.717) is 0 Å². The molecule has 5 heteroatoms. The average molecular weight is 216 g/mol. The third-order valence-corrected chi connectivity index (χ3v) is 2.84. The first-order valence-corrected chi connectivity index (χ1v) is 5.24.